The highest BCUT2D eigenvalue weighted by atomic mass is 16.2. The summed E-state index contributed by atoms with van der Waals surface area (Å²) in [4.78, 5) is 25.8. The highest BCUT2D eigenvalue weighted by Gasteiger charge is 2.25. The van der Waals surface area contributed by atoms with Crippen LogP contribution in [-0.2, 0) is 11.3 Å². The number of aromatic nitrogens is 1. The normalized spacial score (nSPS) is 14.9. The Morgan fingerprint density at radius 2 is 1.71 bits per heavy atom. The second-order valence-corrected chi connectivity index (χ2v) is 7.75. The van der Waals surface area contributed by atoms with Crippen molar-refractivity contribution in [2.75, 3.05) is 5.32 Å². The van der Waals surface area contributed by atoms with Crippen LogP contribution in [0.1, 0.15) is 48.0 Å². The number of hydrogen-bond donors (Lipinski definition) is 1. The lowest BCUT2D eigenvalue weighted by atomic mass is 9.84. The van der Waals surface area contributed by atoms with Gasteiger partial charge in [0.2, 0.25) is 5.91 Å². The molecule has 0 radical (unpaired) electrons. The number of para-hydroxylation sites is 2. The summed E-state index contributed by atoms with van der Waals surface area (Å²) in [6.45, 7) is 2.16. The van der Waals surface area contributed by atoms with Crippen LogP contribution < -0.4 is 5.32 Å². The number of carbonyl (C=O) groups excluding carboxylic acids is 2. The second-order valence-electron chi connectivity index (χ2n) is 7.75. The standard InChI is InChI=1S/C24H26N2O2/c1-17-9-5-7-13-21(17)25-23(27)16-26-15-20(19-12-6-8-14-22(19)26)24(28)18-10-3-2-4-11-18/h5-9,12-15,18H,2-4,10-11,16H2,1H3,(H,25,27). The van der Waals surface area contributed by atoms with Gasteiger partial charge in [-0.1, -0.05) is 55.7 Å². The van der Waals surface area contributed by atoms with Crippen molar-refractivity contribution < 1.29 is 9.59 Å². The van der Waals surface area contributed by atoms with Gasteiger partial charge in [0.1, 0.15) is 6.54 Å². The van der Waals surface area contributed by atoms with Crippen molar-refractivity contribution in [1.82, 2.24) is 4.57 Å². The van der Waals surface area contributed by atoms with Crippen LogP contribution in [0.25, 0.3) is 10.9 Å². The SMILES string of the molecule is Cc1ccccc1NC(=O)Cn1cc(C(=O)C2CCCCC2)c2ccccc21. The van der Waals surface area contributed by atoms with E-state index in [1.807, 2.05) is 66.2 Å². The zero-order valence-electron chi connectivity index (χ0n) is 16.3. The van der Waals surface area contributed by atoms with Crippen molar-refractivity contribution in [2.45, 2.75) is 45.6 Å². The molecule has 144 valence electrons. The number of nitrogens with one attached hydrogen (secondary N) is 1. The Morgan fingerprint density at radius 1 is 1.00 bits per heavy atom. The van der Waals surface area contributed by atoms with Crippen molar-refractivity contribution >= 4 is 28.3 Å². The van der Waals surface area contributed by atoms with Gasteiger partial charge in [-0.3, -0.25) is 9.59 Å². The van der Waals surface area contributed by atoms with Crippen LogP contribution in [0.2, 0.25) is 0 Å². The van der Waals surface area contributed by atoms with Crippen molar-refractivity contribution in [3.8, 4) is 0 Å². The third-order valence-electron chi connectivity index (χ3n) is 5.76. The minimum absolute atomic E-state index is 0.0910. The molecule has 1 aromatic heterocycles. The molecule has 0 unspecified atom stereocenters. The Hall–Kier alpha value is -2.88. The fraction of sp³-hybridized carbons (Fsp3) is 0.333. The Bertz CT molecular complexity index is 1010. The van der Waals surface area contributed by atoms with Crippen molar-refractivity contribution in [2.24, 2.45) is 5.92 Å². The van der Waals surface area contributed by atoms with E-state index in [1.165, 1.54) is 6.42 Å². The maximum absolute atomic E-state index is 13.1. The summed E-state index contributed by atoms with van der Waals surface area (Å²) in [6, 6.07) is 15.6. The van der Waals surface area contributed by atoms with Gasteiger partial charge in [-0.05, 0) is 37.5 Å². The van der Waals surface area contributed by atoms with Gasteiger partial charge < -0.3 is 9.88 Å². The zero-order chi connectivity index (χ0) is 19.5. The number of anilines is 1. The molecule has 2 aromatic carbocycles. The molecule has 1 N–H and O–H groups in total. The molecule has 4 heteroatoms. The van der Waals surface area contributed by atoms with E-state index in [0.29, 0.717) is 0 Å². The van der Waals surface area contributed by atoms with Crippen LogP contribution in [-0.4, -0.2) is 16.3 Å². The van der Waals surface area contributed by atoms with E-state index in [4.69, 9.17) is 0 Å². The van der Waals surface area contributed by atoms with Gasteiger partial charge in [0.05, 0.1) is 0 Å². The molecule has 3 aromatic rings. The first-order valence-corrected chi connectivity index (χ1v) is 10.1. The van der Waals surface area contributed by atoms with Crippen molar-refractivity contribution in [3.63, 3.8) is 0 Å². The summed E-state index contributed by atoms with van der Waals surface area (Å²) in [7, 11) is 0. The van der Waals surface area contributed by atoms with Crippen LogP contribution in [0.4, 0.5) is 5.69 Å². The van der Waals surface area contributed by atoms with Crippen molar-refractivity contribution in [3.05, 3.63) is 65.9 Å². The second kappa shape index (κ2) is 8.01. The molecule has 1 amide bonds. The summed E-state index contributed by atoms with van der Waals surface area (Å²) in [5.74, 6) is 0.259. The van der Waals surface area contributed by atoms with Crippen molar-refractivity contribution in [1.29, 1.82) is 0 Å². The lowest BCUT2D eigenvalue weighted by Crippen LogP contribution is -2.19. The number of amides is 1. The predicted molar refractivity (Wildman–Crippen MR) is 113 cm³/mol. The topological polar surface area (TPSA) is 51.1 Å². The molecule has 28 heavy (non-hydrogen) atoms. The molecule has 1 saturated carbocycles. The maximum Gasteiger partial charge on any atom is 0.244 e. The van der Waals surface area contributed by atoms with Crippen LogP contribution in [0.5, 0.6) is 0 Å². The summed E-state index contributed by atoms with van der Waals surface area (Å²) >= 11 is 0. The highest BCUT2D eigenvalue weighted by molar-refractivity contribution is 6.09. The van der Waals surface area contributed by atoms with Crippen LogP contribution in [0.3, 0.4) is 0 Å². The number of nitrogens with zero attached hydrogens (tertiary/aromatic N) is 1. The van der Waals surface area contributed by atoms with Gasteiger partial charge in [0.25, 0.3) is 0 Å². The quantitative estimate of drug-likeness (QED) is 0.612. The van der Waals surface area contributed by atoms with E-state index in [0.717, 1.165) is 53.4 Å². The molecule has 4 rings (SSSR count). The van der Waals surface area contributed by atoms with Gasteiger partial charge in [-0.15, -0.1) is 0 Å². The number of fused-ring (bicyclic) bond motifs is 1. The Balaban J connectivity index is 1.60. The Labute approximate surface area is 165 Å². The molecule has 1 fully saturated rings. The van der Waals surface area contributed by atoms with E-state index in [9.17, 15) is 9.59 Å². The summed E-state index contributed by atoms with van der Waals surface area (Å²) < 4.78 is 1.90. The molecular weight excluding hydrogens is 348 g/mol. The van der Waals surface area contributed by atoms with E-state index in [2.05, 4.69) is 5.32 Å². The molecule has 1 aliphatic rings. The fourth-order valence-electron chi connectivity index (χ4n) is 4.22. The lowest BCUT2D eigenvalue weighted by Gasteiger charge is -2.19. The third kappa shape index (κ3) is 3.72. The predicted octanol–water partition coefficient (Wildman–Crippen LogP) is 5.35. The molecule has 0 aliphatic heterocycles. The molecule has 0 bridgehead atoms. The third-order valence-corrected chi connectivity index (χ3v) is 5.76. The smallest absolute Gasteiger partial charge is 0.244 e. The molecule has 0 spiro atoms. The molecule has 1 aliphatic carbocycles. The van der Waals surface area contributed by atoms with Gasteiger partial charge >= 0.3 is 0 Å². The van der Waals surface area contributed by atoms with Gasteiger partial charge in [-0.25, -0.2) is 0 Å². The summed E-state index contributed by atoms with van der Waals surface area (Å²) in [6.07, 6.45) is 7.32. The molecule has 0 saturated heterocycles. The number of rotatable bonds is 5. The molecule has 0 atom stereocenters. The molecular formula is C24H26N2O2. The first kappa shape index (κ1) is 18.5. The lowest BCUT2D eigenvalue weighted by molar-refractivity contribution is -0.116. The van der Waals surface area contributed by atoms with E-state index in [1.54, 1.807) is 0 Å². The highest BCUT2D eigenvalue weighted by Crippen LogP contribution is 2.30. The largest absolute Gasteiger partial charge is 0.337 e. The zero-order valence-corrected chi connectivity index (χ0v) is 16.3. The number of benzene rings is 2. The minimum Gasteiger partial charge on any atom is -0.337 e. The maximum atomic E-state index is 13.1. The Morgan fingerprint density at radius 3 is 2.50 bits per heavy atom. The molecule has 1 heterocycles. The van der Waals surface area contributed by atoms with Gasteiger partial charge in [0.15, 0.2) is 5.78 Å². The van der Waals surface area contributed by atoms with E-state index < -0.39 is 0 Å². The van der Waals surface area contributed by atoms with E-state index in [-0.39, 0.29) is 24.2 Å². The average molecular weight is 374 g/mol. The molecule has 4 nitrogen and oxygen atoms in total. The van der Waals surface area contributed by atoms with Crippen LogP contribution in [0.15, 0.2) is 54.7 Å². The number of Topliss-reactive ketones (excluding diaryl/α,β-unsaturated/α-hetero) is 1. The number of carbonyl (C=O) groups is 2. The van der Waals surface area contributed by atoms with E-state index >= 15 is 0 Å². The Kier molecular flexibility index (Phi) is 5.29. The first-order valence-electron chi connectivity index (χ1n) is 10.1. The van der Waals surface area contributed by atoms with Crippen LogP contribution in [0, 0.1) is 12.8 Å². The first-order chi connectivity index (χ1) is 13.6. The van der Waals surface area contributed by atoms with Crippen LogP contribution >= 0.6 is 0 Å². The van der Waals surface area contributed by atoms with Gasteiger partial charge in [0, 0.05) is 34.3 Å². The summed E-state index contributed by atoms with van der Waals surface area (Å²) in [5, 5.41) is 3.93. The summed E-state index contributed by atoms with van der Waals surface area (Å²) in [5.41, 5.74) is 3.54. The fourth-order valence-corrected chi connectivity index (χ4v) is 4.22. The average Bonchev–Trinajstić information content (AvgIpc) is 3.08. The van der Waals surface area contributed by atoms with Gasteiger partial charge in [-0.2, -0.15) is 0 Å². The number of aryl methyl sites for hydroxylation is 1. The number of ketones is 1. The minimum atomic E-state index is -0.0910. The monoisotopic (exact) mass is 374 g/mol. The number of hydrogen-bond acceptors (Lipinski definition) is 2.